The highest BCUT2D eigenvalue weighted by molar-refractivity contribution is 7.11. The predicted octanol–water partition coefficient (Wildman–Crippen LogP) is 1.25. The smallest absolute Gasteiger partial charge is 0.264 e. The van der Waals surface area contributed by atoms with Gasteiger partial charge in [-0.15, -0.1) is 11.3 Å². The normalized spacial score (nSPS) is 11.3. The number of thiazole rings is 1. The van der Waals surface area contributed by atoms with E-state index in [1.807, 2.05) is 13.8 Å². The van der Waals surface area contributed by atoms with Gasteiger partial charge in [0, 0.05) is 11.9 Å². The van der Waals surface area contributed by atoms with E-state index in [0.717, 1.165) is 15.6 Å². The molecule has 0 N–H and O–H groups in total. The lowest BCUT2D eigenvalue weighted by atomic mass is 10.3. The zero-order chi connectivity index (χ0) is 13.6. The fourth-order valence-corrected chi connectivity index (χ4v) is 2.99. The van der Waals surface area contributed by atoms with Gasteiger partial charge in [-0.05, 0) is 13.8 Å². The van der Waals surface area contributed by atoms with Crippen molar-refractivity contribution in [3.8, 4) is 0 Å². The third kappa shape index (κ3) is 1.95. The van der Waals surface area contributed by atoms with Gasteiger partial charge < -0.3 is 0 Å². The van der Waals surface area contributed by atoms with Crippen LogP contribution in [0.3, 0.4) is 0 Å². The topological polar surface area (TPSA) is 65.6 Å². The van der Waals surface area contributed by atoms with Crippen molar-refractivity contribution in [3.63, 3.8) is 0 Å². The van der Waals surface area contributed by atoms with Crippen LogP contribution in [0, 0.1) is 13.8 Å². The molecule has 3 rings (SSSR count). The Labute approximate surface area is 113 Å². The summed E-state index contributed by atoms with van der Waals surface area (Å²) >= 11 is 1.61. The maximum atomic E-state index is 12.3. The Kier molecular flexibility index (Phi) is 2.70. The Morgan fingerprint density at radius 1 is 1.37 bits per heavy atom. The molecule has 0 aliphatic rings. The van der Waals surface area contributed by atoms with Crippen LogP contribution in [0.4, 0.5) is 0 Å². The van der Waals surface area contributed by atoms with Crippen molar-refractivity contribution >= 4 is 22.4 Å². The molecule has 0 atom stereocenters. The lowest BCUT2D eigenvalue weighted by Gasteiger charge is -2.03. The van der Waals surface area contributed by atoms with Crippen molar-refractivity contribution in [1.29, 1.82) is 0 Å². The maximum absolute atomic E-state index is 12.3. The third-order valence-corrected chi connectivity index (χ3v) is 4.09. The molecule has 0 aromatic carbocycles. The summed E-state index contributed by atoms with van der Waals surface area (Å²) in [5.74, 6) is 0. The molecule has 98 valence electrons. The van der Waals surface area contributed by atoms with Gasteiger partial charge in [0.1, 0.15) is 11.7 Å². The fraction of sp³-hybridized carbons (Fsp3) is 0.333. The predicted molar refractivity (Wildman–Crippen MR) is 73.5 cm³/mol. The first-order valence-corrected chi connectivity index (χ1v) is 6.68. The average Bonchev–Trinajstić information content (AvgIpc) is 2.88. The molecule has 7 heteroatoms. The highest BCUT2D eigenvalue weighted by atomic mass is 32.1. The third-order valence-electron chi connectivity index (χ3n) is 3.03. The van der Waals surface area contributed by atoms with Gasteiger partial charge in [-0.3, -0.25) is 14.0 Å². The molecule has 0 fully saturated rings. The Balaban J connectivity index is 2.09. The Morgan fingerprint density at radius 3 is 2.84 bits per heavy atom. The van der Waals surface area contributed by atoms with E-state index in [4.69, 9.17) is 0 Å². The van der Waals surface area contributed by atoms with Gasteiger partial charge in [0.15, 0.2) is 5.65 Å². The first-order valence-electron chi connectivity index (χ1n) is 5.86. The average molecular weight is 275 g/mol. The minimum absolute atomic E-state index is 0.0662. The first-order chi connectivity index (χ1) is 9.06. The van der Waals surface area contributed by atoms with E-state index in [9.17, 15) is 4.79 Å². The minimum Gasteiger partial charge on any atom is -0.293 e. The van der Waals surface area contributed by atoms with Crippen molar-refractivity contribution < 1.29 is 0 Å². The lowest BCUT2D eigenvalue weighted by Crippen LogP contribution is -2.21. The van der Waals surface area contributed by atoms with Crippen LogP contribution in [0.2, 0.25) is 0 Å². The van der Waals surface area contributed by atoms with Crippen LogP contribution in [0.25, 0.3) is 11.0 Å². The van der Waals surface area contributed by atoms with Gasteiger partial charge in [0.05, 0.1) is 23.4 Å². The largest absolute Gasteiger partial charge is 0.293 e. The van der Waals surface area contributed by atoms with E-state index in [0.29, 0.717) is 17.6 Å². The second-order valence-electron chi connectivity index (χ2n) is 4.42. The zero-order valence-corrected chi connectivity index (χ0v) is 11.7. The van der Waals surface area contributed by atoms with Gasteiger partial charge in [-0.1, -0.05) is 0 Å². The standard InChI is InChI=1S/C12H13N5OS/c1-7-10(19-8(2)15-7)5-17-6-13-11-9(12(17)18)4-14-16(11)3/h4,6H,5H2,1-3H3. The van der Waals surface area contributed by atoms with E-state index in [1.165, 1.54) is 0 Å². The molecule has 0 radical (unpaired) electrons. The zero-order valence-electron chi connectivity index (χ0n) is 10.9. The molecule has 3 aromatic heterocycles. The summed E-state index contributed by atoms with van der Waals surface area (Å²) < 4.78 is 3.20. The molecule has 0 amide bonds. The van der Waals surface area contributed by atoms with Gasteiger partial charge in [0.25, 0.3) is 5.56 Å². The molecule has 0 spiro atoms. The molecule has 3 heterocycles. The number of hydrogen-bond acceptors (Lipinski definition) is 5. The van der Waals surface area contributed by atoms with Crippen LogP contribution >= 0.6 is 11.3 Å². The summed E-state index contributed by atoms with van der Waals surface area (Å²) in [6, 6.07) is 0. The molecule has 6 nitrogen and oxygen atoms in total. The number of aromatic nitrogens is 5. The van der Waals surface area contributed by atoms with E-state index >= 15 is 0 Å². The molecule has 0 aliphatic heterocycles. The number of rotatable bonds is 2. The number of aryl methyl sites for hydroxylation is 3. The highest BCUT2D eigenvalue weighted by Gasteiger charge is 2.11. The number of hydrogen-bond donors (Lipinski definition) is 0. The number of nitrogens with zero attached hydrogens (tertiary/aromatic N) is 5. The van der Waals surface area contributed by atoms with E-state index in [1.54, 1.807) is 40.2 Å². The molecule has 0 saturated heterocycles. The summed E-state index contributed by atoms with van der Waals surface area (Å²) in [7, 11) is 1.77. The van der Waals surface area contributed by atoms with Crippen LogP contribution in [0.5, 0.6) is 0 Å². The van der Waals surface area contributed by atoms with Crippen LogP contribution in [-0.2, 0) is 13.6 Å². The Morgan fingerprint density at radius 2 is 2.16 bits per heavy atom. The van der Waals surface area contributed by atoms with Crippen molar-refractivity contribution in [1.82, 2.24) is 24.3 Å². The molecule has 0 unspecified atom stereocenters. The van der Waals surface area contributed by atoms with Gasteiger partial charge in [-0.2, -0.15) is 5.10 Å². The Bertz CT molecular complexity index is 813. The van der Waals surface area contributed by atoms with Crippen LogP contribution < -0.4 is 5.56 Å². The van der Waals surface area contributed by atoms with Crippen LogP contribution in [-0.4, -0.2) is 24.3 Å². The number of fused-ring (bicyclic) bond motifs is 1. The van der Waals surface area contributed by atoms with Gasteiger partial charge >= 0.3 is 0 Å². The molecule has 19 heavy (non-hydrogen) atoms. The molecule has 0 saturated carbocycles. The second kappa shape index (κ2) is 4.27. The second-order valence-corrected chi connectivity index (χ2v) is 5.71. The molecule has 0 bridgehead atoms. The van der Waals surface area contributed by atoms with Crippen LogP contribution in [0.15, 0.2) is 17.3 Å². The molecule has 0 aliphatic carbocycles. The van der Waals surface area contributed by atoms with E-state index in [2.05, 4.69) is 15.1 Å². The lowest BCUT2D eigenvalue weighted by molar-refractivity contribution is 0.741. The van der Waals surface area contributed by atoms with Crippen molar-refractivity contribution in [2.45, 2.75) is 20.4 Å². The monoisotopic (exact) mass is 275 g/mol. The summed E-state index contributed by atoms with van der Waals surface area (Å²) in [6.07, 6.45) is 3.13. The summed E-state index contributed by atoms with van der Waals surface area (Å²) in [5.41, 5.74) is 1.52. The maximum Gasteiger partial charge on any atom is 0.264 e. The highest BCUT2D eigenvalue weighted by Crippen LogP contribution is 2.17. The fourth-order valence-electron chi connectivity index (χ4n) is 2.05. The van der Waals surface area contributed by atoms with Crippen molar-refractivity contribution in [2.75, 3.05) is 0 Å². The summed E-state index contributed by atoms with van der Waals surface area (Å²) in [6.45, 7) is 4.43. The van der Waals surface area contributed by atoms with Crippen LogP contribution in [0.1, 0.15) is 15.6 Å². The van der Waals surface area contributed by atoms with E-state index < -0.39 is 0 Å². The summed E-state index contributed by atoms with van der Waals surface area (Å²) in [4.78, 5) is 22.1. The quantitative estimate of drug-likeness (QED) is 0.706. The summed E-state index contributed by atoms with van der Waals surface area (Å²) in [5, 5.41) is 5.61. The molecular formula is C12H13N5OS. The van der Waals surface area contributed by atoms with Crippen molar-refractivity contribution in [2.24, 2.45) is 7.05 Å². The SMILES string of the molecule is Cc1nc(C)c(Cn2cnc3c(cnn3C)c2=O)s1. The minimum atomic E-state index is -0.0662. The first kappa shape index (κ1) is 12.0. The van der Waals surface area contributed by atoms with Gasteiger partial charge in [0.2, 0.25) is 0 Å². The Hall–Kier alpha value is -2.02. The van der Waals surface area contributed by atoms with Gasteiger partial charge in [-0.25, -0.2) is 9.97 Å². The van der Waals surface area contributed by atoms with Crippen molar-refractivity contribution in [3.05, 3.63) is 38.5 Å². The molecule has 3 aromatic rings. The molecular weight excluding hydrogens is 262 g/mol. The van der Waals surface area contributed by atoms with E-state index in [-0.39, 0.29) is 5.56 Å².